The first-order valence-corrected chi connectivity index (χ1v) is 9.12. The minimum Gasteiger partial charge on any atom is -0.368 e. The Balaban J connectivity index is 1.44. The van der Waals surface area contributed by atoms with Crippen molar-refractivity contribution in [2.45, 2.75) is 25.3 Å². The average Bonchev–Trinajstić information content (AvgIpc) is 3.27. The lowest BCUT2D eigenvalue weighted by molar-refractivity contribution is -0.118. The van der Waals surface area contributed by atoms with Crippen LogP contribution in [0, 0.1) is 0 Å². The highest BCUT2D eigenvalue weighted by molar-refractivity contribution is 6.30. The molecule has 2 amide bonds. The Bertz CT molecular complexity index is 1000. The van der Waals surface area contributed by atoms with Crippen LogP contribution in [0.2, 0.25) is 5.02 Å². The molecule has 0 aliphatic carbocycles. The summed E-state index contributed by atoms with van der Waals surface area (Å²) in [6, 6.07) is 3.53. The second-order valence-corrected chi connectivity index (χ2v) is 7.12. The van der Waals surface area contributed by atoms with Gasteiger partial charge in [0.1, 0.15) is 23.7 Å². The molecule has 3 aromatic heterocycles. The molecule has 9 heteroatoms. The van der Waals surface area contributed by atoms with Gasteiger partial charge in [-0.1, -0.05) is 11.6 Å². The Morgan fingerprint density at radius 3 is 2.74 bits per heavy atom. The zero-order chi connectivity index (χ0) is 19.0. The number of primary amides is 1. The number of carbonyl (C=O) groups is 2. The lowest BCUT2D eigenvalue weighted by atomic mass is 9.95. The molecule has 0 unspecified atom stereocenters. The Kier molecular flexibility index (Phi) is 4.57. The first-order chi connectivity index (χ1) is 13.0. The summed E-state index contributed by atoms with van der Waals surface area (Å²) in [5, 5.41) is 0.589. The highest BCUT2D eigenvalue weighted by atomic mass is 35.5. The third-order valence-corrected chi connectivity index (χ3v) is 5.08. The summed E-state index contributed by atoms with van der Waals surface area (Å²) in [4.78, 5) is 34.6. The van der Waals surface area contributed by atoms with Crippen molar-refractivity contribution < 1.29 is 9.59 Å². The third kappa shape index (κ3) is 3.52. The zero-order valence-electron chi connectivity index (χ0n) is 14.6. The second-order valence-electron chi connectivity index (χ2n) is 6.69. The molecule has 1 saturated heterocycles. The van der Waals surface area contributed by atoms with Crippen LogP contribution in [0.4, 0.5) is 0 Å². The topological polar surface area (TPSA) is 98.5 Å². The van der Waals surface area contributed by atoms with Crippen LogP contribution in [-0.4, -0.2) is 48.7 Å². The fourth-order valence-electron chi connectivity index (χ4n) is 3.55. The molecule has 3 aromatic rings. The Labute approximate surface area is 160 Å². The molecular weight excluding hydrogens is 368 g/mol. The number of rotatable bonds is 4. The van der Waals surface area contributed by atoms with Gasteiger partial charge < -0.3 is 19.6 Å². The maximum absolute atomic E-state index is 12.8. The van der Waals surface area contributed by atoms with E-state index in [2.05, 4.69) is 9.97 Å². The van der Waals surface area contributed by atoms with E-state index in [9.17, 15) is 9.59 Å². The number of pyridine rings is 1. The molecule has 140 valence electrons. The summed E-state index contributed by atoms with van der Waals surface area (Å²) in [6.07, 6.45) is 8.43. The van der Waals surface area contributed by atoms with Crippen molar-refractivity contribution in [2.24, 2.45) is 5.73 Å². The minimum atomic E-state index is -0.395. The van der Waals surface area contributed by atoms with Crippen molar-refractivity contribution in [1.29, 1.82) is 0 Å². The third-order valence-electron chi connectivity index (χ3n) is 4.86. The fraction of sp³-hybridized carbons (Fsp3) is 0.333. The fourth-order valence-corrected chi connectivity index (χ4v) is 3.72. The van der Waals surface area contributed by atoms with E-state index in [0.29, 0.717) is 29.5 Å². The Hall–Kier alpha value is -2.87. The molecule has 1 aliphatic rings. The SMILES string of the molecule is NC(=O)Cn1ccnc1C1CCN(C(=O)c2cn3cc(Cl)ccc3n2)CC1. The van der Waals surface area contributed by atoms with Crippen molar-refractivity contribution in [3.8, 4) is 0 Å². The van der Waals surface area contributed by atoms with Crippen LogP contribution in [-0.2, 0) is 11.3 Å². The number of likely N-dealkylation sites (tertiary alicyclic amines) is 1. The van der Waals surface area contributed by atoms with Gasteiger partial charge in [0, 0.05) is 43.8 Å². The molecule has 2 N–H and O–H groups in total. The average molecular weight is 387 g/mol. The van der Waals surface area contributed by atoms with E-state index < -0.39 is 5.91 Å². The van der Waals surface area contributed by atoms with Crippen LogP contribution in [0.3, 0.4) is 0 Å². The van der Waals surface area contributed by atoms with Gasteiger partial charge in [-0.05, 0) is 25.0 Å². The van der Waals surface area contributed by atoms with Gasteiger partial charge in [0.05, 0.1) is 5.02 Å². The van der Waals surface area contributed by atoms with Gasteiger partial charge in [-0.2, -0.15) is 0 Å². The van der Waals surface area contributed by atoms with Gasteiger partial charge in [0.2, 0.25) is 5.91 Å². The summed E-state index contributed by atoms with van der Waals surface area (Å²) < 4.78 is 3.54. The maximum Gasteiger partial charge on any atom is 0.274 e. The molecule has 4 rings (SSSR count). The van der Waals surface area contributed by atoms with E-state index in [4.69, 9.17) is 17.3 Å². The largest absolute Gasteiger partial charge is 0.368 e. The van der Waals surface area contributed by atoms with Gasteiger partial charge in [-0.3, -0.25) is 9.59 Å². The van der Waals surface area contributed by atoms with Crippen molar-refractivity contribution in [1.82, 2.24) is 23.8 Å². The summed E-state index contributed by atoms with van der Waals surface area (Å²) >= 11 is 5.98. The minimum absolute atomic E-state index is 0.0891. The van der Waals surface area contributed by atoms with Gasteiger partial charge in [-0.25, -0.2) is 9.97 Å². The van der Waals surface area contributed by atoms with Crippen molar-refractivity contribution >= 4 is 29.1 Å². The summed E-state index contributed by atoms with van der Waals surface area (Å²) in [5.74, 6) is 0.564. The molecule has 1 aliphatic heterocycles. The summed E-state index contributed by atoms with van der Waals surface area (Å²) in [7, 11) is 0. The van der Waals surface area contributed by atoms with Crippen molar-refractivity contribution in [2.75, 3.05) is 13.1 Å². The van der Waals surface area contributed by atoms with E-state index in [0.717, 1.165) is 18.7 Å². The number of nitrogens with zero attached hydrogens (tertiary/aromatic N) is 5. The molecule has 0 saturated carbocycles. The van der Waals surface area contributed by atoms with Crippen molar-refractivity contribution in [3.63, 3.8) is 0 Å². The Morgan fingerprint density at radius 1 is 1.22 bits per heavy atom. The zero-order valence-corrected chi connectivity index (χ0v) is 15.3. The van der Waals surface area contributed by atoms with Gasteiger partial charge in [-0.15, -0.1) is 0 Å². The molecule has 0 bridgehead atoms. The van der Waals surface area contributed by atoms with Gasteiger partial charge in [0.15, 0.2) is 0 Å². The highest BCUT2D eigenvalue weighted by Gasteiger charge is 2.28. The number of hydrogen-bond acceptors (Lipinski definition) is 4. The van der Waals surface area contributed by atoms with Gasteiger partial charge in [0.25, 0.3) is 5.91 Å². The van der Waals surface area contributed by atoms with E-state index in [1.54, 1.807) is 50.8 Å². The monoisotopic (exact) mass is 386 g/mol. The highest BCUT2D eigenvalue weighted by Crippen LogP contribution is 2.27. The number of halogens is 1. The lowest BCUT2D eigenvalue weighted by Crippen LogP contribution is -2.38. The molecule has 27 heavy (non-hydrogen) atoms. The predicted molar refractivity (Wildman–Crippen MR) is 99.5 cm³/mol. The number of fused-ring (bicyclic) bond motifs is 1. The molecule has 0 atom stereocenters. The van der Waals surface area contributed by atoms with E-state index in [1.165, 1.54) is 0 Å². The normalized spacial score (nSPS) is 15.4. The summed E-state index contributed by atoms with van der Waals surface area (Å²) in [6.45, 7) is 1.35. The first-order valence-electron chi connectivity index (χ1n) is 8.74. The molecular formula is C18H19ClN6O2. The van der Waals surface area contributed by atoms with E-state index >= 15 is 0 Å². The Morgan fingerprint density at radius 2 is 2.00 bits per heavy atom. The molecule has 0 spiro atoms. The number of imidazole rings is 2. The van der Waals surface area contributed by atoms with E-state index in [1.807, 2.05) is 0 Å². The number of aromatic nitrogens is 4. The standard InChI is InChI=1S/C18H19ClN6O2/c19-13-1-2-16-22-14(10-25(16)9-13)18(27)23-6-3-12(4-7-23)17-21-5-8-24(17)11-15(20)26/h1-2,5,8-10,12H,3-4,6-7,11H2,(H2,20,26). The van der Waals surface area contributed by atoms with Crippen LogP contribution in [0.25, 0.3) is 5.65 Å². The molecule has 8 nitrogen and oxygen atoms in total. The predicted octanol–water partition coefficient (Wildman–Crippen LogP) is 1.69. The van der Waals surface area contributed by atoms with Crippen LogP contribution < -0.4 is 5.73 Å². The number of nitrogens with two attached hydrogens (primary N) is 1. The van der Waals surface area contributed by atoms with E-state index in [-0.39, 0.29) is 18.4 Å². The smallest absolute Gasteiger partial charge is 0.274 e. The van der Waals surface area contributed by atoms with Crippen LogP contribution in [0.15, 0.2) is 36.9 Å². The summed E-state index contributed by atoms with van der Waals surface area (Å²) in [5.41, 5.74) is 6.39. The van der Waals surface area contributed by atoms with Crippen molar-refractivity contribution in [3.05, 3.63) is 53.5 Å². The molecule has 4 heterocycles. The number of carbonyl (C=O) groups excluding carboxylic acids is 2. The van der Waals surface area contributed by atoms with Crippen LogP contribution in [0.1, 0.15) is 35.1 Å². The molecule has 1 fully saturated rings. The van der Waals surface area contributed by atoms with Gasteiger partial charge >= 0.3 is 0 Å². The maximum atomic E-state index is 12.8. The molecule has 0 aromatic carbocycles. The number of piperidine rings is 1. The van der Waals surface area contributed by atoms with Crippen LogP contribution in [0.5, 0.6) is 0 Å². The van der Waals surface area contributed by atoms with Crippen LogP contribution >= 0.6 is 11.6 Å². The number of amides is 2. The first kappa shape index (κ1) is 17.5. The quantitative estimate of drug-likeness (QED) is 0.737. The second kappa shape index (κ2) is 7.03. The lowest BCUT2D eigenvalue weighted by Gasteiger charge is -2.31. The molecule has 0 radical (unpaired) electrons. The number of hydrogen-bond donors (Lipinski definition) is 1.